The number of hydrogen-bond donors (Lipinski definition) is 1. The number of nitrogens with zero attached hydrogens (tertiary/aromatic N) is 1. The van der Waals surface area contributed by atoms with E-state index in [-0.39, 0.29) is 16.7 Å². The maximum Gasteiger partial charge on any atom is 0.236 e. The highest BCUT2D eigenvalue weighted by atomic mass is 16.2. The molecule has 1 amide bonds. The fourth-order valence-corrected chi connectivity index (χ4v) is 2.57. The van der Waals surface area contributed by atoms with Crippen molar-refractivity contribution < 1.29 is 4.79 Å². The first-order valence-electron chi connectivity index (χ1n) is 7.38. The van der Waals surface area contributed by atoms with Crippen molar-refractivity contribution in [2.45, 2.75) is 66.2 Å². The van der Waals surface area contributed by atoms with Gasteiger partial charge >= 0.3 is 0 Å². The Hall–Kier alpha value is -1.64. The lowest BCUT2D eigenvalue weighted by Gasteiger charge is -2.29. The molecule has 0 bridgehead atoms. The average molecular weight is 288 g/mol. The van der Waals surface area contributed by atoms with Crippen LogP contribution in [0.15, 0.2) is 17.2 Å². The molecule has 0 aromatic heterocycles. The number of benzene rings is 1. The van der Waals surface area contributed by atoms with E-state index >= 15 is 0 Å². The molecule has 0 aliphatic carbocycles. The van der Waals surface area contributed by atoms with Gasteiger partial charge in [-0.05, 0) is 52.1 Å². The van der Waals surface area contributed by atoms with Gasteiger partial charge in [-0.15, -0.1) is 0 Å². The van der Waals surface area contributed by atoms with E-state index in [1.807, 2.05) is 0 Å². The number of nitrogens with one attached hydrogen (secondary N) is 1. The largest absolute Gasteiger partial charge is 0.274 e. The highest BCUT2D eigenvalue weighted by Crippen LogP contribution is 2.34. The molecule has 0 fully saturated rings. The van der Waals surface area contributed by atoms with Crippen LogP contribution in [0.25, 0.3) is 0 Å². The van der Waals surface area contributed by atoms with Crippen molar-refractivity contribution in [1.29, 1.82) is 0 Å². The third kappa shape index (κ3) is 4.69. The van der Waals surface area contributed by atoms with Crippen molar-refractivity contribution in [1.82, 2.24) is 5.43 Å². The maximum absolute atomic E-state index is 10.9. The summed E-state index contributed by atoms with van der Waals surface area (Å²) in [5.41, 5.74) is 7.59. The second-order valence-electron chi connectivity index (χ2n) is 7.67. The van der Waals surface area contributed by atoms with Gasteiger partial charge in [0.15, 0.2) is 0 Å². The van der Waals surface area contributed by atoms with E-state index in [1.54, 1.807) is 6.21 Å². The first-order valence-corrected chi connectivity index (χ1v) is 7.38. The Kier molecular flexibility index (Phi) is 4.98. The Labute approximate surface area is 128 Å². The minimum absolute atomic E-state index is 0.0714. The fraction of sp³-hybridized carbons (Fsp3) is 0.556. The van der Waals surface area contributed by atoms with Crippen LogP contribution in [0, 0.1) is 6.92 Å². The van der Waals surface area contributed by atoms with E-state index in [2.05, 4.69) is 71.1 Å². The average Bonchev–Trinajstić information content (AvgIpc) is 2.27. The molecule has 1 N–H and O–H groups in total. The highest BCUT2D eigenvalue weighted by molar-refractivity contribution is 5.82. The van der Waals surface area contributed by atoms with E-state index in [1.165, 1.54) is 23.6 Å². The zero-order chi connectivity index (χ0) is 16.4. The van der Waals surface area contributed by atoms with Gasteiger partial charge in [0.25, 0.3) is 0 Å². The van der Waals surface area contributed by atoms with Gasteiger partial charge in [0.1, 0.15) is 0 Å². The summed E-state index contributed by atoms with van der Waals surface area (Å²) in [6, 6.07) is 4.33. The van der Waals surface area contributed by atoms with Gasteiger partial charge in [0, 0.05) is 6.92 Å². The molecule has 21 heavy (non-hydrogen) atoms. The normalized spacial score (nSPS) is 12.8. The van der Waals surface area contributed by atoms with Gasteiger partial charge in [-0.3, -0.25) is 4.79 Å². The molecule has 0 saturated heterocycles. The van der Waals surface area contributed by atoms with E-state index in [0.717, 1.165) is 5.56 Å². The van der Waals surface area contributed by atoms with Crippen LogP contribution in [-0.4, -0.2) is 12.1 Å². The minimum Gasteiger partial charge on any atom is -0.274 e. The third-order valence-corrected chi connectivity index (χ3v) is 3.48. The molecule has 0 aliphatic rings. The second-order valence-corrected chi connectivity index (χ2v) is 7.67. The number of hydrogen-bond acceptors (Lipinski definition) is 2. The van der Waals surface area contributed by atoms with Gasteiger partial charge < -0.3 is 0 Å². The standard InChI is InChI=1S/C18H28N2O/c1-12-15(17(3,4)5)9-14(11-19-20-13(2)21)10-16(12)18(6,7)8/h9-11H,1-8H3,(H,20,21)/b19-11+. The summed E-state index contributed by atoms with van der Waals surface area (Å²) in [6.07, 6.45) is 1.71. The number of rotatable bonds is 2. The molecule has 1 rings (SSSR count). The van der Waals surface area contributed by atoms with Gasteiger partial charge in [-0.2, -0.15) is 5.10 Å². The Bertz CT molecular complexity index is 523. The monoisotopic (exact) mass is 288 g/mol. The number of hydrazone groups is 1. The summed E-state index contributed by atoms with van der Waals surface area (Å²) in [5.74, 6) is -0.162. The van der Waals surface area contributed by atoms with Crippen LogP contribution in [0.3, 0.4) is 0 Å². The van der Waals surface area contributed by atoms with Gasteiger partial charge in [0.05, 0.1) is 6.21 Å². The van der Waals surface area contributed by atoms with E-state index in [0.29, 0.717) is 0 Å². The lowest BCUT2D eigenvalue weighted by Crippen LogP contribution is -2.20. The molecule has 116 valence electrons. The Morgan fingerprint density at radius 2 is 1.48 bits per heavy atom. The van der Waals surface area contributed by atoms with E-state index in [9.17, 15) is 4.79 Å². The first kappa shape index (κ1) is 17.4. The Morgan fingerprint density at radius 3 is 1.81 bits per heavy atom. The van der Waals surface area contributed by atoms with E-state index < -0.39 is 0 Å². The fourth-order valence-electron chi connectivity index (χ4n) is 2.57. The molecule has 0 aliphatic heterocycles. The summed E-state index contributed by atoms with van der Waals surface area (Å²) in [4.78, 5) is 10.9. The van der Waals surface area contributed by atoms with Crippen LogP contribution in [0.5, 0.6) is 0 Å². The zero-order valence-electron chi connectivity index (χ0n) is 14.6. The summed E-state index contributed by atoms with van der Waals surface area (Å²) < 4.78 is 0. The highest BCUT2D eigenvalue weighted by Gasteiger charge is 2.24. The summed E-state index contributed by atoms with van der Waals surface area (Å²) in [7, 11) is 0. The zero-order valence-corrected chi connectivity index (χ0v) is 14.6. The van der Waals surface area contributed by atoms with Crippen LogP contribution in [-0.2, 0) is 15.6 Å². The molecule has 0 radical (unpaired) electrons. The second kappa shape index (κ2) is 6.00. The number of carbonyl (C=O) groups excluding carboxylic acids is 1. The van der Waals surface area contributed by atoms with Gasteiger partial charge in [0.2, 0.25) is 5.91 Å². The first-order chi connectivity index (χ1) is 9.43. The molecule has 0 unspecified atom stereocenters. The van der Waals surface area contributed by atoms with Crippen LogP contribution in [0.2, 0.25) is 0 Å². The summed E-state index contributed by atoms with van der Waals surface area (Å²) >= 11 is 0. The molecular formula is C18H28N2O. The molecular weight excluding hydrogens is 260 g/mol. The summed E-state index contributed by atoms with van der Waals surface area (Å²) in [6.45, 7) is 17.0. The molecule has 0 spiro atoms. The quantitative estimate of drug-likeness (QED) is 0.647. The Morgan fingerprint density at radius 1 is 1.05 bits per heavy atom. The third-order valence-electron chi connectivity index (χ3n) is 3.48. The number of carbonyl (C=O) groups is 1. The molecule has 0 heterocycles. The van der Waals surface area contributed by atoms with Crippen molar-refractivity contribution in [2.75, 3.05) is 0 Å². The van der Waals surface area contributed by atoms with Crippen LogP contribution in [0.1, 0.15) is 70.7 Å². The van der Waals surface area contributed by atoms with Crippen molar-refractivity contribution >= 4 is 12.1 Å². The van der Waals surface area contributed by atoms with Crippen LogP contribution < -0.4 is 5.43 Å². The lowest BCUT2D eigenvalue weighted by atomic mass is 9.76. The molecule has 1 aromatic rings. The topological polar surface area (TPSA) is 41.5 Å². The SMILES string of the molecule is CC(=O)N/N=C/c1cc(C(C)(C)C)c(C)c(C(C)(C)C)c1. The van der Waals surface area contributed by atoms with Crippen LogP contribution in [0.4, 0.5) is 0 Å². The van der Waals surface area contributed by atoms with Crippen LogP contribution >= 0.6 is 0 Å². The van der Waals surface area contributed by atoms with Crippen molar-refractivity contribution in [3.05, 3.63) is 34.4 Å². The van der Waals surface area contributed by atoms with Gasteiger partial charge in [-0.25, -0.2) is 5.43 Å². The molecule has 3 nitrogen and oxygen atoms in total. The van der Waals surface area contributed by atoms with Crippen molar-refractivity contribution in [2.24, 2.45) is 5.10 Å². The molecule has 0 saturated carbocycles. The molecule has 3 heteroatoms. The smallest absolute Gasteiger partial charge is 0.236 e. The van der Waals surface area contributed by atoms with E-state index in [4.69, 9.17) is 0 Å². The number of amides is 1. The van der Waals surface area contributed by atoms with Crippen molar-refractivity contribution in [3.63, 3.8) is 0 Å². The maximum atomic E-state index is 10.9. The lowest BCUT2D eigenvalue weighted by molar-refractivity contribution is -0.118. The molecule has 1 aromatic carbocycles. The summed E-state index contributed by atoms with van der Waals surface area (Å²) in [5, 5.41) is 3.99. The molecule has 0 atom stereocenters. The predicted molar refractivity (Wildman–Crippen MR) is 90.0 cm³/mol. The van der Waals surface area contributed by atoms with Gasteiger partial charge in [-0.1, -0.05) is 41.5 Å². The Balaban J connectivity index is 3.41. The minimum atomic E-state index is -0.162. The predicted octanol–water partition coefficient (Wildman–Crippen LogP) is 4.06. The van der Waals surface area contributed by atoms with Crippen molar-refractivity contribution in [3.8, 4) is 0 Å².